The van der Waals surface area contributed by atoms with E-state index in [1.165, 1.54) is 19.3 Å². The summed E-state index contributed by atoms with van der Waals surface area (Å²) in [4.78, 5) is 20.9. The highest BCUT2D eigenvalue weighted by Gasteiger charge is 2.22. The minimum absolute atomic E-state index is 0.194. The summed E-state index contributed by atoms with van der Waals surface area (Å²) in [5.74, 6) is 2.75. The molecule has 0 bridgehead atoms. The lowest BCUT2D eigenvalue weighted by molar-refractivity contribution is 0.102. The molecule has 31 heavy (non-hydrogen) atoms. The zero-order valence-electron chi connectivity index (χ0n) is 17.6. The summed E-state index contributed by atoms with van der Waals surface area (Å²) in [5, 5.41) is 6.90. The number of carbonyl (C=O) groups excluding carboxylic acids is 1. The van der Waals surface area contributed by atoms with Crippen LogP contribution in [0.1, 0.15) is 58.4 Å². The fourth-order valence-electron chi connectivity index (χ4n) is 3.78. The van der Waals surface area contributed by atoms with Crippen LogP contribution in [0.5, 0.6) is 5.75 Å². The monoisotopic (exact) mass is 416 g/mol. The molecule has 1 fully saturated rings. The number of rotatable bonds is 6. The fourth-order valence-corrected chi connectivity index (χ4v) is 3.78. The predicted molar refractivity (Wildman–Crippen MR) is 117 cm³/mol. The number of aromatic amines is 1. The Hall–Kier alpha value is -3.61. The Morgan fingerprint density at radius 2 is 2.10 bits per heavy atom. The van der Waals surface area contributed by atoms with Crippen molar-refractivity contribution in [1.82, 2.24) is 15.1 Å². The van der Waals surface area contributed by atoms with Crippen molar-refractivity contribution in [2.45, 2.75) is 45.6 Å². The molecule has 1 saturated carbocycles. The number of hydrogen-bond donors (Lipinski definition) is 2. The third-order valence-corrected chi connectivity index (χ3v) is 5.91. The van der Waals surface area contributed by atoms with Gasteiger partial charge in [0.15, 0.2) is 0 Å². The zero-order chi connectivity index (χ0) is 21.4. The van der Waals surface area contributed by atoms with Crippen molar-refractivity contribution in [2.24, 2.45) is 0 Å². The Labute approximate surface area is 179 Å². The number of imidazole rings is 1. The Kier molecular flexibility index (Phi) is 4.94. The number of amides is 1. The number of H-pyrrole nitrogens is 1. The maximum absolute atomic E-state index is 12.8. The standard InChI is InChI=1S/C24H24N4O3/c1-14-20(15(2)31-28-14)13-30-19-8-4-7-17(11-19)24(29)25-18-9-10-21-22(12-18)27-23(26-21)16-5-3-6-16/h4,7-12,16H,3,5-6,13H2,1-2H3,(H,25,29)(H,26,27). The van der Waals surface area contributed by atoms with Gasteiger partial charge in [0.1, 0.15) is 23.9 Å². The van der Waals surface area contributed by atoms with Gasteiger partial charge in [-0.05, 0) is 63.1 Å². The Morgan fingerprint density at radius 3 is 2.84 bits per heavy atom. The number of nitrogens with zero attached hydrogens (tertiary/aromatic N) is 2. The van der Waals surface area contributed by atoms with Gasteiger partial charge in [0.2, 0.25) is 0 Å². The molecule has 4 aromatic rings. The van der Waals surface area contributed by atoms with Crippen molar-refractivity contribution in [3.05, 3.63) is 70.9 Å². The molecular formula is C24H24N4O3. The first-order chi connectivity index (χ1) is 15.1. The minimum Gasteiger partial charge on any atom is -0.489 e. The fraction of sp³-hybridized carbons (Fsp3) is 0.292. The summed E-state index contributed by atoms with van der Waals surface area (Å²) in [5.41, 5.74) is 4.84. The van der Waals surface area contributed by atoms with Gasteiger partial charge in [0.05, 0.1) is 22.3 Å². The first-order valence-corrected chi connectivity index (χ1v) is 10.5. The Bertz CT molecular complexity index is 1230. The van der Waals surface area contributed by atoms with Gasteiger partial charge in [-0.3, -0.25) is 4.79 Å². The molecule has 0 atom stereocenters. The quantitative estimate of drug-likeness (QED) is 0.447. The van der Waals surface area contributed by atoms with E-state index in [9.17, 15) is 4.79 Å². The van der Waals surface area contributed by atoms with Crippen molar-refractivity contribution in [3.8, 4) is 5.75 Å². The summed E-state index contributed by atoms with van der Waals surface area (Å²) in [6.07, 6.45) is 3.65. The average molecular weight is 416 g/mol. The maximum atomic E-state index is 12.8. The number of benzene rings is 2. The first kappa shape index (κ1) is 19.4. The summed E-state index contributed by atoms with van der Waals surface area (Å²) < 4.78 is 11.0. The van der Waals surface area contributed by atoms with Crippen molar-refractivity contribution in [2.75, 3.05) is 5.32 Å². The van der Waals surface area contributed by atoms with Crippen molar-refractivity contribution >= 4 is 22.6 Å². The SMILES string of the molecule is Cc1noc(C)c1COc1cccc(C(=O)Nc2ccc3nc(C4CCC4)[nH]c3c2)c1. The molecule has 7 nitrogen and oxygen atoms in total. The third-order valence-electron chi connectivity index (χ3n) is 5.91. The van der Waals surface area contributed by atoms with E-state index in [0.717, 1.165) is 39.6 Å². The van der Waals surface area contributed by atoms with E-state index in [1.54, 1.807) is 18.2 Å². The topological polar surface area (TPSA) is 93.0 Å². The van der Waals surface area contributed by atoms with Crippen molar-refractivity contribution in [1.29, 1.82) is 0 Å². The molecule has 1 aliphatic rings. The van der Waals surface area contributed by atoms with Gasteiger partial charge >= 0.3 is 0 Å². The number of aryl methyl sites for hydroxylation is 2. The lowest BCUT2D eigenvalue weighted by atomic mass is 9.85. The summed E-state index contributed by atoms with van der Waals surface area (Å²) in [6, 6.07) is 12.9. The Balaban J connectivity index is 1.28. The van der Waals surface area contributed by atoms with Crippen LogP contribution in [0.3, 0.4) is 0 Å². The molecule has 0 aliphatic heterocycles. The van der Waals surface area contributed by atoms with E-state index in [-0.39, 0.29) is 5.91 Å². The van der Waals surface area contributed by atoms with Gasteiger partial charge in [-0.15, -0.1) is 0 Å². The van der Waals surface area contributed by atoms with E-state index in [4.69, 9.17) is 9.26 Å². The smallest absolute Gasteiger partial charge is 0.255 e. The van der Waals surface area contributed by atoms with Gasteiger partial charge in [0, 0.05) is 17.2 Å². The lowest BCUT2D eigenvalue weighted by Gasteiger charge is -2.22. The first-order valence-electron chi connectivity index (χ1n) is 10.5. The highest BCUT2D eigenvalue weighted by Crippen LogP contribution is 2.35. The second-order valence-electron chi connectivity index (χ2n) is 8.06. The molecule has 158 valence electrons. The highest BCUT2D eigenvalue weighted by atomic mass is 16.5. The molecule has 5 rings (SSSR count). The van der Waals surface area contributed by atoms with Crippen LogP contribution in [-0.4, -0.2) is 21.0 Å². The van der Waals surface area contributed by atoms with Crippen LogP contribution >= 0.6 is 0 Å². The van der Waals surface area contributed by atoms with Gasteiger partial charge in [-0.2, -0.15) is 0 Å². The van der Waals surface area contributed by atoms with Crippen LogP contribution in [0.4, 0.5) is 5.69 Å². The number of ether oxygens (including phenoxy) is 1. The molecule has 1 amide bonds. The van der Waals surface area contributed by atoms with Crippen LogP contribution in [0.15, 0.2) is 47.0 Å². The number of carbonyl (C=O) groups is 1. The van der Waals surface area contributed by atoms with Gasteiger partial charge < -0.3 is 19.6 Å². The van der Waals surface area contributed by atoms with Gasteiger partial charge in [0.25, 0.3) is 5.91 Å². The van der Waals surface area contributed by atoms with Crippen molar-refractivity contribution in [3.63, 3.8) is 0 Å². The summed E-state index contributed by atoms with van der Waals surface area (Å²) >= 11 is 0. The number of aromatic nitrogens is 3. The van der Waals surface area contributed by atoms with Crippen LogP contribution in [0.25, 0.3) is 11.0 Å². The number of hydrogen-bond acceptors (Lipinski definition) is 5. The second kappa shape index (κ2) is 7.91. The molecule has 0 spiro atoms. The summed E-state index contributed by atoms with van der Waals surface area (Å²) in [6.45, 7) is 4.07. The molecule has 2 N–H and O–H groups in total. The van der Waals surface area contributed by atoms with E-state index in [1.807, 2.05) is 38.1 Å². The number of nitrogens with one attached hydrogen (secondary N) is 2. The maximum Gasteiger partial charge on any atom is 0.255 e. The van der Waals surface area contributed by atoms with E-state index in [2.05, 4.69) is 20.4 Å². The highest BCUT2D eigenvalue weighted by molar-refractivity contribution is 6.05. The van der Waals surface area contributed by atoms with Gasteiger partial charge in [-0.1, -0.05) is 17.6 Å². The lowest BCUT2D eigenvalue weighted by Crippen LogP contribution is -2.12. The normalized spacial score (nSPS) is 13.9. The summed E-state index contributed by atoms with van der Waals surface area (Å²) in [7, 11) is 0. The third kappa shape index (κ3) is 3.91. The molecule has 7 heteroatoms. The molecule has 2 heterocycles. The number of fused-ring (bicyclic) bond motifs is 1. The van der Waals surface area contributed by atoms with Crippen LogP contribution in [0, 0.1) is 13.8 Å². The Morgan fingerprint density at radius 1 is 1.23 bits per heavy atom. The minimum atomic E-state index is -0.194. The second-order valence-corrected chi connectivity index (χ2v) is 8.06. The molecule has 0 radical (unpaired) electrons. The van der Waals surface area contributed by atoms with Crippen molar-refractivity contribution < 1.29 is 14.1 Å². The van der Waals surface area contributed by atoms with Crippen LogP contribution in [0.2, 0.25) is 0 Å². The van der Waals surface area contributed by atoms with Crippen LogP contribution < -0.4 is 10.1 Å². The largest absolute Gasteiger partial charge is 0.489 e. The van der Waals surface area contributed by atoms with Gasteiger partial charge in [-0.25, -0.2) is 4.98 Å². The predicted octanol–water partition coefficient (Wildman–Crippen LogP) is 5.27. The molecular weight excluding hydrogens is 392 g/mol. The molecule has 2 aromatic carbocycles. The molecule has 0 saturated heterocycles. The average Bonchev–Trinajstić information content (AvgIpc) is 3.27. The molecule has 2 aromatic heterocycles. The zero-order valence-corrected chi connectivity index (χ0v) is 17.6. The molecule has 1 aliphatic carbocycles. The van der Waals surface area contributed by atoms with Crippen LogP contribution in [-0.2, 0) is 6.61 Å². The van der Waals surface area contributed by atoms with E-state index < -0.39 is 0 Å². The van der Waals surface area contributed by atoms with E-state index >= 15 is 0 Å². The number of anilines is 1. The molecule has 0 unspecified atom stereocenters. The van der Waals surface area contributed by atoms with E-state index in [0.29, 0.717) is 23.8 Å².